The molecule has 0 amide bonds. The van der Waals surface area contributed by atoms with Crippen molar-refractivity contribution < 1.29 is 14.4 Å². The molecule has 5 heteroatoms. The molecule has 0 unspecified atom stereocenters. The van der Waals surface area contributed by atoms with Gasteiger partial charge in [-0.3, -0.25) is 10.1 Å². The van der Waals surface area contributed by atoms with E-state index in [9.17, 15) is 10.1 Å². The Morgan fingerprint density at radius 2 is 1.84 bits per heavy atom. The van der Waals surface area contributed by atoms with Gasteiger partial charge in [0.05, 0.1) is 18.1 Å². The van der Waals surface area contributed by atoms with Crippen LogP contribution in [0.4, 0.5) is 5.69 Å². The molecule has 0 saturated heterocycles. The molecule has 0 radical (unpaired) electrons. The van der Waals surface area contributed by atoms with Crippen molar-refractivity contribution in [3.63, 3.8) is 0 Å². The van der Waals surface area contributed by atoms with Gasteiger partial charge in [-0.25, -0.2) is 0 Å². The normalized spacial score (nSPS) is 10.0. The van der Waals surface area contributed by atoms with E-state index in [4.69, 9.17) is 9.47 Å². The molecule has 0 aliphatic carbocycles. The third-order valence-electron chi connectivity index (χ3n) is 2.62. The van der Waals surface area contributed by atoms with Crippen LogP contribution in [0.5, 0.6) is 17.2 Å². The van der Waals surface area contributed by atoms with Gasteiger partial charge in [-0.05, 0) is 19.1 Å². The van der Waals surface area contributed by atoms with Crippen molar-refractivity contribution in [3.8, 4) is 17.2 Å². The van der Waals surface area contributed by atoms with E-state index >= 15 is 0 Å². The van der Waals surface area contributed by atoms with E-state index in [1.165, 1.54) is 19.2 Å². The number of nitro groups is 1. The second-order valence-electron chi connectivity index (χ2n) is 3.97. The zero-order valence-corrected chi connectivity index (χ0v) is 10.6. The van der Waals surface area contributed by atoms with Crippen molar-refractivity contribution >= 4 is 5.69 Å². The summed E-state index contributed by atoms with van der Waals surface area (Å²) in [4.78, 5) is 10.3. The summed E-state index contributed by atoms with van der Waals surface area (Å²) in [5.41, 5.74) is 0.629. The Hall–Kier alpha value is -2.56. The number of benzene rings is 2. The number of nitrogens with zero attached hydrogens (tertiary/aromatic N) is 1. The number of aryl methyl sites for hydroxylation is 1. The molecule has 2 rings (SSSR count). The van der Waals surface area contributed by atoms with E-state index in [1.807, 2.05) is 18.2 Å². The van der Waals surface area contributed by atoms with Crippen LogP contribution in [0.25, 0.3) is 0 Å². The summed E-state index contributed by atoms with van der Waals surface area (Å²) in [7, 11) is 1.45. The third kappa shape index (κ3) is 2.82. The van der Waals surface area contributed by atoms with Gasteiger partial charge in [-0.2, -0.15) is 0 Å². The second-order valence-corrected chi connectivity index (χ2v) is 3.97. The number of non-ortho nitro benzene ring substituents is 1. The van der Waals surface area contributed by atoms with Gasteiger partial charge >= 0.3 is 0 Å². The zero-order chi connectivity index (χ0) is 13.8. The Morgan fingerprint density at radius 1 is 1.16 bits per heavy atom. The fraction of sp³-hybridized carbons (Fsp3) is 0.143. The lowest BCUT2D eigenvalue weighted by molar-refractivity contribution is -0.385. The van der Waals surface area contributed by atoms with E-state index in [0.717, 1.165) is 0 Å². The fourth-order valence-electron chi connectivity index (χ4n) is 1.72. The standard InChI is InChI=1S/C14H13NO4/c1-10-8-11(15(16)17)9-13(18-2)14(10)19-12-6-4-3-5-7-12/h3-9H,1-2H3. The molecule has 5 nitrogen and oxygen atoms in total. The number of rotatable bonds is 4. The van der Waals surface area contributed by atoms with Crippen molar-refractivity contribution in [1.82, 2.24) is 0 Å². The van der Waals surface area contributed by atoms with Gasteiger partial charge in [0, 0.05) is 11.6 Å². The summed E-state index contributed by atoms with van der Waals surface area (Å²) in [5, 5.41) is 10.8. The molecule has 2 aromatic carbocycles. The van der Waals surface area contributed by atoms with Crippen molar-refractivity contribution in [1.29, 1.82) is 0 Å². The molecule has 0 atom stereocenters. The highest BCUT2D eigenvalue weighted by Crippen LogP contribution is 2.37. The smallest absolute Gasteiger partial charge is 0.273 e. The van der Waals surface area contributed by atoms with Crippen LogP contribution in [0.1, 0.15) is 5.56 Å². The molecule has 0 heterocycles. The lowest BCUT2D eigenvalue weighted by Gasteiger charge is -2.12. The molecule has 0 aliphatic rings. The first-order chi connectivity index (χ1) is 9.11. The van der Waals surface area contributed by atoms with Crippen LogP contribution in [0.15, 0.2) is 42.5 Å². The summed E-state index contributed by atoms with van der Waals surface area (Å²) in [6, 6.07) is 12.0. The van der Waals surface area contributed by atoms with Gasteiger partial charge in [-0.15, -0.1) is 0 Å². The van der Waals surface area contributed by atoms with Crippen LogP contribution >= 0.6 is 0 Å². The summed E-state index contributed by atoms with van der Waals surface area (Å²) in [6.07, 6.45) is 0. The van der Waals surface area contributed by atoms with Gasteiger partial charge in [0.1, 0.15) is 5.75 Å². The van der Waals surface area contributed by atoms with E-state index in [2.05, 4.69) is 0 Å². The maximum atomic E-state index is 10.8. The average molecular weight is 259 g/mol. The second kappa shape index (κ2) is 5.39. The van der Waals surface area contributed by atoms with Crippen LogP contribution in [0, 0.1) is 17.0 Å². The van der Waals surface area contributed by atoms with Gasteiger partial charge in [0.15, 0.2) is 11.5 Å². The summed E-state index contributed by atoms with van der Waals surface area (Å²) < 4.78 is 10.9. The minimum atomic E-state index is -0.457. The molecule has 0 N–H and O–H groups in total. The minimum Gasteiger partial charge on any atom is -0.493 e. The third-order valence-corrected chi connectivity index (χ3v) is 2.62. The number of hydrogen-bond donors (Lipinski definition) is 0. The number of hydrogen-bond acceptors (Lipinski definition) is 4. The van der Waals surface area contributed by atoms with Gasteiger partial charge in [0.25, 0.3) is 5.69 Å². The number of para-hydroxylation sites is 1. The van der Waals surface area contributed by atoms with Crippen molar-refractivity contribution in [2.75, 3.05) is 7.11 Å². The number of ether oxygens (including phenoxy) is 2. The van der Waals surface area contributed by atoms with Crippen molar-refractivity contribution in [2.45, 2.75) is 6.92 Å². The predicted molar refractivity (Wildman–Crippen MR) is 70.9 cm³/mol. The van der Waals surface area contributed by atoms with Gasteiger partial charge in [-0.1, -0.05) is 18.2 Å². The molecule has 0 spiro atoms. The highest BCUT2D eigenvalue weighted by Gasteiger charge is 2.16. The summed E-state index contributed by atoms with van der Waals surface area (Å²) >= 11 is 0. The highest BCUT2D eigenvalue weighted by atomic mass is 16.6. The number of methoxy groups -OCH3 is 1. The predicted octanol–water partition coefficient (Wildman–Crippen LogP) is 3.70. The molecule has 2 aromatic rings. The molecule has 0 aromatic heterocycles. The topological polar surface area (TPSA) is 61.6 Å². The molecule has 0 aliphatic heterocycles. The van der Waals surface area contributed by atoms with Gasteiger partial charge in [0.2, 0.25) is 0 Å². The van der Waals surface area contributed by atoms with Crippen LogP contribution < -0.4 is 9.47 Å². The molecule has 19 heavy (non-hydrogen) atoms. The average Bonchev–Trinajstić information content (AvgIpc) is 2.41. The first kappa shape index (κ1) is 12.9. The fourth-order valence-corrected chi connectivity index (χ4v) is 1.72. The Labute approximate surface area is 110 Å². The van der Waals surface area contributed by atoms with E-state index in [-0.39, 0.29) is 5.69 Å². The van der Waals surface area contributed by atoms with Crippen molar-refractivity contribution in [3.05, 3.63) is 58.1 Å². The van der Waals surface area contributed by atoms with Crippen LogP contribution in [0.3, 0.4) is 0 Å². The molecular weight excluding hydrogens is 246 g/mol. The molecule has 98 valence electrons. The maximum absolute atomic E-state index is 10.8. The van der Waals surface area contributed by atoms with Crippen molar-refractivity contribution in [2.24, 2.45) is 0 Å². The van der Waals surface area contributed by atoms with Crippen LogP contribution in [-0.2, 0) is 0 Å². The van der Waals surface area contributed by atoms with Crippen LogP contribution in [-0.4, -0.2) is 12.0 Å². The van der Waals surface area contributed by atoms with E-state index < -0.39 is 4.92 Å². The largest absolute Gasteiger partial charge is 0.493 e. The SMILES string of the molecule is COc1cc([N+](=O)[O-])cc(C)c1Oc1ccccc1. The first-order valence-electron chi connectivity index (χ1n) is 5.67. The summed E-state index contributed by atoms with van der Waals surface area (Å²) in [6.45, 7) is 1.74. The van der Waals surface area contributed by atoms with E-state index in [1.54, 1.807) is 19.1 Å². The first-order valence-corrected chi connectivity index (χ1v) is 5.67. The molecule has 0 saturated carbocycles. The quantitative estimate of drug-likeness (QED) is 0.620. The Kier molecular flexibility index (Phi) is 3.66. The van der Waals surface area contributed by atoms with Gasteiger partial charge < -0.3 is 9.47 Å². The Balaban J connectivity index is 2.42. The molecular formula is C14H13NO4. The lowest BCUT2D eigenvalue weighted by atomic mass is 10.2. The Bertz CT molecular complexity index is 596. The highest BCUT2D eigenvalue weighted by molar-refractivity contribution is 5.55. The maximum Gasteiger partial charge on any atom is 0.273 e. The van der Waals surface area contributed by atoms with E-state index in [0.29, 0.717) is 22.8 Å². The molecule has 0 fully saturated rings. The summed E-state index contributed by atoms with van der Waals surface area (Å²) in [5.74, 6) is 1.48. The molecule has 0 bridgehead atoms. The number of nitro benzene ring substituents is 1. The zero-order valence-electron chi connectivity index (χ0n) is 10.6. The van der Waals surface area contributed by atoms with Crippen LogP contribution in [0.2, 0.25) is 0 Å². The lowest BCUT2D eigenvalue weighted by Crippen LogP contribution is -1.96. The monoisotopic (exact) mass is 259 g/mol. The minimum absolute atomic E-state index is 0.0187. The Morgan fingerprint density at radius 3 is 2.42 bits per heavy atom.